The van der Waals surface area contributed by atoms with Crippen molar-refractivity contribution in [2.45, 2.75) is 57.4 Å². The second-order valence-electron chi connectivity index (χ2n) is 8.81. The number of nitrogens with zero attached hydrogens (tertiary/aromatic N) is 3. The molecular weight excluding hydrogens is 380 g/mol. The van der Waals surface area contributed by atoms with Crippen LogP contribution in [0, 0.1) is 11.8 Å². The number of para-hydroxylation sites is 2. The van der Waals surface area contributed by atoms with E-state index in [1.54, 1.807) is 0 Å². The zero-order chi connectivity index (χ0) is 20.7. The van der Waals surface area contributed by atoms with Crippen LogP contribution >= 0.6 is 0 Å². The highest BCUT2D eigenvalue weighted by molar-refractivity contribution is 6.05. The molecule has 158 valence electrons. The van der Waals surface area contributed by atoms with Crippen LogP contribution in [0.25, 0.3) is 11.0 Å². The van der Waals surface area contributed by atoms with E-state index in [0.29, 0.717) is 6.54 Å². The molecule has 1 N–H and O–H groups in total. The van der Waals surface area contributed by atoms with Gasteiger partial charge in [-0.2, -0.15) is 0 Å². The Morgan fingerprint density at radius 2 is 1.70 bits per heavy atom. The molecule has 0 spiro atoms. The number of piperidine rings is 1. The number of nitrogens with one attached hydrogen (secondary N) is 1. The summed E-state index contributed by atoms with van der Waals surface area (Å²) in [4.78, 5) is 49.8. The molecule has 5 rings (SSSR count). The zero-order valence-electron chi connectivity index (χ0n) is 17.2. The topological polar surface area (TPSA) is 86.4 Å². The highest BCUT2D eigenvalue weighted by atomic mass is 16.2. The first kappa shape index (κ1) is 19.3. The van der Waals surface area contributed by atoms with Gasteiger partial charge in [0.25, 0.3) is 0 Å². The molecule has 3 heterocycles. The maximum atomic E-state index is 13.1. The first-order valence-electron chi connectivity index (χ1n) is 11.2. The summed E-state index contributed by atoms with van der Waals surface area (Å²) >= 11 is 0. The summed E-state index contributed by atoms with van der Waals surface area (Å²) in [5, 5.41) is 0. The third-order valence-electron chi connectivity index (χ3n) is 7.03. The number of imidazole rings is 1. The van der Waals surface area contributed by atoms with Gasteiger partial charge in [-0.25, -0.2) is 4.98 Å². The second-order valence-corrected chi connectivity index (χ2v) is 8.81. The van der Waals surface area contributed by atoms with E-state index in [9.17, 15) is 14.4 Å². The van der Waals surface area contributed by atoms with Crippen LogP contribution in [-0.4, -0.2) is 50.6 Å². The molecule has 3 fully saturated rings. The quantitative estimate of drug-likeness (QED) is 0.787. The van der Waals surface area contributed by atoms with Crippen LogP contribution in [-0.2, 0) is 14.4 Å². The number of imide groups is 1. The summed E-state index contributed by atoms with van der Waals surface area (Å²) in [6.07, 6.45) is 6.72. The number of aromatic nitrogens is 2. The van der Waals surface area contributed by atoms with Gasteiger partial charge in [0.2, 0.25) is 17.7 Å². The van der Waals surface area contributed by atoms with Crippen molar-refractivity contribution in [3.63, 3.8) is 0 Å². The van der Waals surface area contributed by atoms with E-state index in [1.807, 2.05) is 29.2 Å². The van der Waals surface area contributed by atoms with Gasteiger partial charge in [0.1, 0.15) is 5.82 Å². The molecule has 0 bridgehead atoms. The number of rotatable bonds is 4. The second kappa shape index (κ2) is 7.85. The van der Waals surface area contributed by atoms with Gasteiger partial charge in [-0.1, -0.05) is 25.0 Å². The Morgan fingerprint density at radius 1 is 1.00 bits per heavy atom. The molecule has 2 aromatic rings. The monoisotopic (exact) mass is 408 g/mol. The Hall–Kier alpha value is -2.70. The lowest BCUT2D eigenvalue weighted by Gasteiger charge is -2.35. The van der Waals surface area contributed by atoms with E-state index in [0.717, 1.165) is 61.8 Å². The van der Waals surface area contributed by atoms with Crippen LogP contribution < -0.4 is 0 Å². The first-order chi connectivity index (χ1) is 14.6. The number of fused-ring (bicyclic) bond motifs is 2. The molecule has 7 nitrogen and oxygen atoms in total. The minimum Gasteiger partial charge on any atom is -0.340 e. The smallest absolute Gasteiger partial charge is 0.233 e. The number of carbonyl (C=O) groups is 3. The minimum atomic E-state index is -0.153. The maximum Gasteiger partial charge on any atom is 0.233 e. The van der Waals surface area contributed by atoms with Crippen molar-refractivity contribution < 1.29 is 14.4 Å². The molecular formula is C23H28N4O3. The molecule has 2 saturated heterocycles. The molecule has 30 heavy (non-hydrogen) atoms. The number of aromatic amines is 1. The fourth-order valence-corrected chi connectivity index (χ4v) is 5.45. The Kier molecular flexibility index (Phi) is 5.05. The largest absolute Gasteiger partial charge is 0.340 e. The van der Waals surface area contributed by atoms with Crippen molar-refractivity contribution in [3.8, 4) is 0 Å². The minimum absolute atomic E-state index is 0.00405. The molecule has 1 aromatic heterocycles. The normalized spacial score (nSPS) is 27.0. The lowest BCUT2D eigenvalue weighted by Crippen LogP contribution is -2.41. The lowest BCUT2D eigenvalue weighted by molar-refractivity contribution is -0.141. The number of H-pyrrole nitrogens is 1. The predicted molar refractivity (Wildman–Crippen MR) is 111 cm³/mol. The van der Waals surface area contributed by atoms with Crippen molar-refractivity contribution in [2.24, 2.45) is 11.8 Å². The van der Waals surface area contributed by atoms with E-state index in [-0.39, 0.29) is 48.6 Å². The number of amides is 3. The Labute approximate surface area is 175 Å². The summed E-state index contributed by atoms with van der Waals surface area (Å²) in [7, 11) is 0. The van der Waals surface area contributed by atoms with E-state index in [4.69, 9.17) is 4.98 Å². The van der Waals surface area contributed by atoms with Crippen molar-refractivity contribution in [1.29, 1.82) is 0 Å². The lowest BCUT2D eigenvalue weighted by atomic mass is 9.81. The number of hydrogen-bond donors (Lipinski definition) is 1. The van der Waals surface area contributed by atoms with Gasteiger partial charge in [0.15, 0.2) is 0 Å². The molecule has 3 amide bonds. The van der Waals surface area contributed by atoms with Crippen LogP contribution in [0.2, 0.25) is 0 Å². The number of hydrogen-bond acceptors (Lipinski definition) is 4. The van der Waals surface area contributed by atoms with Crippen LogP contribution in [0.15, 0.2) is 24.3 Å². The van der Waals surface area contributed by atoms with Crippen LogP contribution in [0.3, 0.4) is 0 Å². The molecule has 1 aromatic carbocycles. The third-order valence-corrected chi connectivity index (χ3v) is 7.03. The molecule has 1 saturated carbocycles. The molecule has 3 aliphatic rings. The van der Waals surface area contributed by atoms with Crippen LogP contribution in [0.1, 0.15) is 63.2 Å². The third kappa shape index (κ3) is 3.30. The van der Waals surface area contributed by atoms with Crippen molar-refractivity contribution in [2.75, 3.05) is 13.1 Å². The maximum absolute atomic E-state index is 13.1. The summed E-state index contributed by atoms with van der Waals surface area (Å²) in [6.45, 7) is 0.889. The Balaban J connectivity index is 1.28. The first-order valence-corrected chi connectivity index (χ1v) is 11.2. The Morgan fingerprint density at radius 3 is 2.43 bits per heavy atom. The van der Waals surface area contributed by atoms with E-state index < -0.39 is 0 Å². The Bertz CT molecular complexity index is 927. The van der Waals surface area contributed by atoms with Gasteiger partial charge in [-0.05, 0) is 44.2 Å². The molecule has 2 aliphatic heterocycles. The molecule has 7 heteroatoms. The number of benzene rings is 1. The fourth-order valence-electron chi connectivity index (χ4n) is 5.45. The van der Waals surface area contributed by atoms with Gasteiger partial charge in [-0.3, -0.25) is 19.3 Å². The average molecular weight is 409 g/mol. The van der Waals surface area contributed by atoms with Crippen LogP contribution in [0.5, 0.6) is 0 Å². The number of carbonyl (C=O) groups excluding carboxylic acids is 3. The van der Waals surface area contributed by atoms with Gasteiger partial charge in [-0.15, -0.1) is 0 Å². The van der Waals surface area contributed by atoms with E-state index in [1.165, 1.54) is 4.90 Å². The summed E-state index contributed by atoms with van der Waals surface area (Å²) in [5.74, 6) is 0.383. The molecule has 0 radical (unpaired) electrons. The SMILES string of the molecule is O=C1[C@H]2CCCC[C@H]2C(=O)N1CCC(=O)N1CCCC[C@@H]1c1nc2ccccc2[nH]1. The summed E-state index contributed by atoms with van der Waals surface area (Å²) in [5.41, 5.74) is 1.88. The molecule has 3 atom stereocenters. The van der Waals surface area contributed by atoms with Crippen LogP contribution in [0.4, 0.5) is 0 Å². The van der Waals surface area contributed by atoms with Gasteiger partial charge >= 0.3 is 0 Å². The zero-order valence-corrected chi connectivity index (χ0v) is 17.2. The molecule has 0 unspecified atom stereocenters. The van der Waals surface area contributed by atoms with E-state index in [2.05, 4.69) is 4.98 Å². The van der Waals surface area contributed by atoms with Crippen molar-refractivity contribution >= 4 is 28.8 Å². The van der Waals surface area contributed by atoms with Crippen molar-refractivity contribution in [1.82, 2.24) is 19.8 Å². The van der Waals surface area contributed by atoms with Gasteiger partial charge in [0, 0.05) is 19.5 Å². The fraction of sp³-hybridized carbons (Fsp3) is 0.565. The average Bonchev–Trinajstić information content (AvgIpc) is 3.32. The highest BCUT2D eigenvalue weighted by Crippen LogP contribution is 2.38. The highest BCUT2D eigenvalue weighted by Gasteiger charge is 2.48. The standard InChI is InChI=1S/C23H28N4O3/c28-20(12-14-27-22(29)15-7-1-2-8-16(15)23(27)30)26-13-6-5-11-19(26)21-24-17-9-3-4-10-18(17)25-21/h3-4,9-10,15-16,19H,1-2,5-8,11-14H2,(H,24,25)/t15-,16+,19-/m1/s1. The van der Waals surface area contributed by atoms with Gasteiger partial charge in [0.05, 0.1) is 28.9 Å². The van der Waals surface area contributed by atoms with Gasteiger partial charge < -0.3 is 9.88 Å². The molecule has 1 aliphatic carbocycles. The predicted octanol–water partition coefficient (Wildman–Crippen LogP) is 3.18. The summed E-state index contributed by atoms with van der Waals surface area (Å²) in [6, 6.07) is 7.80. The number of likely N-dealkylation sites (tertiary alicyclic amines) is 2. The van der Waals surface area contributed by atoms with E-state index >= 15 is 0 Å². The summed E-state index contributed by atoms with van der Waals surface area (Å²) < 4.78 is 0. The van der Waals surface area contributed by atoms with Crippen molar-refractivity contribution in [3.05, 3.63) is 30.1 Å².